The highest BCUT2D eigenvalue weighted by Gasteiger charge is 2.23. The van der Waals surface area contributed by atoms with Gasteiger partial charge in [0, 0.05) is 24.8 Å². The lowest BCUT2D eigenvalue weighted by molar-refractivity contribution is 0.575. The summed E-state index contributed by atoms with van der Waals surface area (Å²) in [4.78, 5) is 2.28. The third-order valence-electron chi connectivity index (χ3n) is 4.35. The fourth-order valence-corrected chi connectivity index (χ4v) is 3.15. The van der Waals surface area contributed by atoms with Crippen molar-refractivity contribution in [3.8, 4) is 0 Å². The first-order chi connectivity index (χ1) is 10.2. The van der Waals surface area contributed by atoms with E-state index in [0.717, 1.165) is 25.2 Å². The van der Waals surface area contributed by atoms with E-state index in [2.05, 4.69) is 41.4 Å². The standard InChI is InChI=1S/C18H21FN2/c1-13-5-3-4-6-16(13)17(20-2)12-21-10-9-14-7-8-15(19)11-18(14)21/h3-8,11,17,20H,9-10,12H2,1-2H3. The monoisotopic (exact) mass is 284 g/mol. The Balaban J connectivity index is 1.84. The smallest absolute Gasteiger partial charge is 0.125 e. The van der Waals surface area contributed by atoms with Crippen LogP contribution < -0.4 is 10.2 Å². The molecule has 110 valence electrons. The van der Waals surface area contributed by atoms with Crippen LogP contribution in [-0.4, -0.2) is 20.1 Å². The molecule has 1 heterocycles. The molecular formula is C18H21FN2. The number of nitrogens with one attached hydrogen (secondary N) is 1. The molecule has 1 unspecified atom stereocenters. The van der Waals surface area contributed by atoms with Gasteiger partial charge in [-0.2, -0.15) is 0 Å². The van der Waals surface area contributed by atoms with Gasteiger partial charge in [0.2, 0.25) is 0 Å². The van der Waals surface area contributed by atoms with Gasteiger partial charge in [0.1, 0.15) is 5.82 Å². The Morgan fingerprint density at radius 3 is 2.81 bits per heavy atom. The summed E-state index contributed by atoms with van der Waals surface area (Å²) in [6.07, 6.45) is 1.000. The van der Waals surface area contributed by atoms with Gasteiger partial charge in [-0.15, -0.1) is 0 Å². The molecule has 0 bridgehead atoms. The van der Waals surface area contributed by atoms with Gasteiger partial charge in [-0.05, 0) is 49.2 Å². The molecule has 0 amide bonds. The van der Waals surface area contributed by atoms with Crippen LogP contribution in [0.15, 0.2) is 42.5 Å². The van der Waals surface area contributed by atoms with Gasteiger partial charge >= 0.3 is 0 Å². The molecule has 0 saturated carbocycles. The molecule has 0 aliphatic carbocycles. The summed E-state index contributed by atoms with van der Waals surface area (Å²) >= 11 is 0. The number of rotatable bonds is 4. The van der Waals surface area contributed by atoms with Crippen LogP contribution in [0.5, 0.6) is 0 Å². The van der Waals surface area contributed by atoms with Gasteiger partial charge in [0.05, 0.1) is 0 Å². The van der Waals surface area contributed by atoms with Crippen molar-refractivity contribution in [3.05, 3.63) is 65.0 Å². The zero-order valence-electron chi connectivity index (χ0n) is 12.6. The largest absolute Gasteiger partial charge is 0.369 e. The molecule has 3 heteroatoms. The topological polar surface area (TPSA) is 15.3 Å². The third kappa shape index (κ3) is 2.79. The molecule has 2 nitrogen and oxygen atoms in total. The van der Waals surface area contributed by atoms with Crippen LogP contribution in [0.1, 0.15) is 22.7 Å². The average Bonchev–Trinajstić information content (AvgIpc) is 2.88. The van der Waals surface area contributed by atoms with Crippen molar-refractivity contribution in [1.29, 1.82) is 0 Å². The van der Waals surface area contributed by atoms with E-state index < -0.39 is 0 Å². The summed E-state index contributed by atoms with van der Waals surface area (Å²) in [6.45, 7) is 3.96. The molecular weight excluding hydrogens is 263 g/mol. The number of likely N-dealkylation sites (N-methyl/N-ethyl adjacent to an activating group) is 1. The van der Waals surface area contributed by atoms with Crippen molar-refractivity contribution in [3.63, 3.8) is 0 Å². The molecule has 0 fully saturated rings. The number of hydrogen-bond donors (Lipinski definition) is 1. The zero-order valence-corrected chi connectivity index (χ0v) is 12.6. The van der Waals surface area contributed by atoms with Crippen LogP contribution in [-0.2, 0) is 6.42 Å². The van der Waals surface area contributed by atoms with E-state index in [1.165, 1.54) is 16.7 Å². The van der Waals surface area contributed by atoms with Crippen LogP contribution in [0.4, 0.5) is 10.1 Å². The van der Waals surface area contributed by atoms with E-state index in [9.17, 15) is 4.39 Å². The van der Waals surface area contributed by atoms with Crippen LogP contribution >= 0.6 is 0 Å². The average molecular weight is 284 g/mol. The predicted molar refractivity (Wildman–Crippen MR) is 85.3 cm³/mol. The molecule has 2 aromatic rings. The lowest BCUT2D eigenvalue weighted by Gasteiger charge is -2.27. The maximum Gasteiger partial charge on any atom is 0.125 e. The molecule has 21 heavy (non-hydrogen) atoms. The van der Waals surface area contributed by atoms with E-state index >= 15 is 0 Å². The van der Waals surface area contributed by atoms with Gasteiger partial charge in [0.15, 0.2) is 0 Å². The maximum absolute atomic E-state index is 13.5. The summed E-state index contributed by atoms with van der Waals surface area (Å²) < 4.78 is 13.5. The molecule has 1 aliphatic rings. The molecule has 0 spiro atoms. The minimum absolute atomic E-state index is 0.155. The van der Waals surface area contributed by atoms with Gasteiger partial charge < -0.3 is 10.2 Å². The van der Waals surface area contributed by atoms with E-state index in [1.807, 2.05) is 13.1 Å². The highest BCUT2D eigenvalue weighted by Crippen LogP contribution is 2.30. The van der Waals surface area contributed by atoms with Crippen molar-refractivity contribution in [2.45, 2.75) is 19.4 Å². The summed E-state index contributed by atoms with van der Waals surface area (Å²) in [5.41, 5.74) is 4.89. The zero-order chi connectivity index (χ0) is 14.8. The minimum Gasteiger partial charge on any atom is -0.369 e. The van der Waals surface area contributed by atoms with E-state index in [-0.39, 0.29) is 11.9 Å². The van der Waals surface area contributed by atoms with E-state index in [4.69, 9.17) is 0 Å². The fourth-order valence-electron chi connectivity index (χ4n) is 3.15. The van der Waals surface area contributed by atoms with Gasteiger partial charge in [-0.25, -0.2) is 4.39 Å². The van der Waals surface area contributed by atoms with Crippen LogP contribution in [0, 0.1) is 12.7 Å². The van der Waals surface area contributed by atoms with E-state index in [1.54, 1.807) is 12.1 Å². The van der Waals surface area contributed by atoms with Crippen molar-refractivity contribution < 1.29 is 4.39 Å². The number of nitrogens with zero attached hydrogens (tertiary/aromatic N) is 1. The lowest BCUT2D eigenvalue weighted by Crippen LogP contribution is -2.33. The van der Waals surface area contributed by atoms with E-state index in [0.29, 0.717) is 0 Å². The molecule has 0 radical (unpaired) electrons. The first kappa shape index (κ1) is 14.1. The Kier molecular flexibility index (Phi) is 3.93. The summed E-state index contributed by atoms with van der Waals surface area (Å²) in [5.74, 6) is -0.155. The van der Waals surface area contributed by atoms with Crippen LogP contribution in [0.3, 0.4) is 0 Å². The Morgan fingerprint density at radius 2 is 2.05 bits per heavy atom. The molecule has 1 atom stereocenters. The Morgan fingerprint density at radius 1 is 1.24 bits per heavy atom. The molecule has 0 aromatic heterocycles. The maximum atomic E-state index is 13.5. The van der Waals surface area contributed by atoms with Crippen LogP contribution in [0.2, 0.25) is 0 Å². The third-order valence-corrected chi connectivity index (χ3v) is 4.35. The number of halogens is 1. The highest BCUT2D eigenvalue weighted by molar-refractivity contribution is 5.58. The Bertz CT molecular complexity index is 639. The first-order valence-electron chi connectivity index (χ1n) is 7.45. The van der Waals surface area contributed by atoms with Crippen LogP contribution in [0.25, 0.3) is 0 Å². The number of anilines is 1. The van der Waals surface area contributed by atoms with Crippen molar-refractivity contribution in [2.75, 3.05) is 25.0 Å². The first-order valence-corrected chi connectivity index (χ1v) is 7.45. The highest BCUT2D eigenvalue weighted by atomic mass is 19.1. The van der Waals surface area contributed by atoms with Gasteiger partial charge in [-0.1, -0.05) is 30.3 Å². The second-order valence-electron chi connectivity index (χ2n) is 5.67. The molecule has 3 rings (SSSR count). The van der Waals surface area contributed by atoms with Gasteiger partial charge in [0.25, 0.3) is 0 Å². The summed E-state index contributed by atoms with van der Waals surface area (Å²) in [5, 5.41) is 3.40. The molecule has 1 aliphatic heterocycles. The quantitative estimate of drug-likeness (QED) is 0.925. The molecule has 2 aromatic carbocycles. The summed E-state index contributed by atoms with van der Waals surface area (Å²) in [6, 6.07) is 13.8. The number of benzene rings is 2. The Labute approximate surface area is 125 Å². The fraction of sp³-hybridized carbons (Fsp3) is 0.333. The van der Waals surface area contributed by atoms with Crippen molar-refractivity contribution >= 4 is 5.69 Å². The SMILES string of the molecule is CNC(CN1CCc2ccc(F)cc21)c1ccccc1C. The minimum atomic E-state index is -0.155. The summed E-state index contributed by atoms with van der Waals surface area (Å²) in [7, 11) is 1.99. The molecule has 0 saturated heterocycles. The second kappa shape index (κ2) is 5.86. The lowest BCUT2D eigenvalue weighted by atomic mass is 10.0. The van der Waals surface area contributed by atoms with Crippen molar-refractivity contribution in [1.82, 2.24) is 5.32 Å². The normalized spacial score (nSPS) is 15.1. The second-order valence-corrected chi connectivity index (χ2v) is 5.67. The number of hydrogen-bond acceptors (Lipinski definition) is 2. The predicted octanol–water partition coefficient (Wildman–Crippen LogP) is 3.46. The number of fused-ring (bicyclic) bond motifs is 1. The Hall–Kier alpha value is -1.87. The van der Waals surface area contributed by atoms with Gasteiger partial charge in [-0.3, -0.25) is 0 Å². The van der Waals surface area contributed by atoms with Crippen molar-refractivity contribution in [2.24, 2.45) is 0 Å². The number of aryl methyl sites for hydroxylation is 1. The molecule has 1 N–H and O–H groups in total.